The number of hydrogen-bond donors (Lipinski definition) is 1. The molecule has 0 aromatic heterocycles. The molecule has 0 bridgehead atoms. The van der Waals surface area contributed by atoms with Crippen molar-refractivity contribution >= 4 is 5.69 Å². The summed E-state index contributed by atoms with van der Waals surface area (Å²) < 4.78 is 13.9. The van der Waals surface area contributed by atoms with Gasteiger partial charge in [0.1, 0.15) is 5.82 Å². The maximum absolute atomic E-state index is 13.9. The lowest BCUT2D eigenvalue weighted by atomic mass is 10.0. The van der Waals surface area contributed by atoms with Crippen LogP contribution in [0.15, 0.2) is 42.5 Å². The van der Waals surface area contributed by atoms with Crippen LogP contribution < -0.4 is 5.32 Å². The van der Waals surface area contributed by atoms with E-state index in [1.165, 1.54) is 17.2 Å². The van der Waals surface area contributed by atoms with E-state index in [1.807, 2.05) is 24.3 Å². The summed E-state index contributed by atoms with van der Waals surface area (Å²) in [4.78, 5) is 0. The van der Waals surface area contributed by atoms with Crippen LogP contribution in [0.1, 0.15) is 36.1 Å². The first kappa shape index (κ1) is 13.6. The van der Waals surface area contributed by atoms with Gasteiger partial charge in [-0.25, -0.2) is 4.39 Å². The van der Waals surface area contributed by atoms with E-state index in [0.717, 1.165) is 17.7 Å². The second-order valence-electron chi connectivity index (χ2n) is 4.87. The highest BCUT2D eigenvalue weighted by molar-refractivity contribution is 5.55. The van der Waals surface area contributed by atoms with Gasteiger partial charge in [0.25, 0.3) is 0 Å². The molecule has 2 aromatic carbocycles. The Bertz CT molecular complexity index is 563. The molecule has 0 spiro atoms. The van der Waals surface area contributed by atoms with Gasteiger partial charge in [-0.2, -0.15) is 0 Å². The van der Waals surface area contributed by atoms with Crippen molar-refractivity contribution in [2.45, 2.75) is 33.2 Å². The predicted octanol–water partition coefficient (Wildman–Crippen LogP) is 5.01. The Balaban J connectivity index is 2.30. The van der Waals surface area contributed by atoms with E-state index in [9.17, 15) is 4.39 Å². The zero-order chi connectivity index (χ0) is 13.8. The summed E-state index contributed by atoms with van der Waals surface area (Å²) in [6, 6.07) is 13.1. The lowest BCUT2D eigenvalue weighted by Crippen LogP contribution is -2.12. The molecule has 100 valence electrons. The van der Waals surface area contributed by atoms with E-state index in [2.05, 4.69) is 32.2 Å². The van der Waals surface area contributed by atoms with Crippen LogP contribution in [-0.2, 0) is 0 Å². The van der Waals surface area contributed by atoms with Gasteiger partial charge in [0.15, 0.2) is 0 Å². The molecule has 0 fully saturated rings. The molecule has 0 amide bonds. The number of nitrogens with one attached hydrogen (secondary N) is 1. The highest BCUT2D eigenvalue weighted by Gasteiger charge is 2.14. The Morgan fingerprint density at radius 1 is 1.05 bits per heavy atom. The Morgan fingerprint density at radius 3 is 2.47 bits per heavy atom. The number of rotatable bonds is 4. The smallest absolute Gasteiger partial charge is 0.128 e. The van der Waals surface area contributed by atoms with Crippen LogP contribution in [0.25, 0.3) is 0 Å². The molecule has 1 nitrogen and oxygen atoms in total. The predicted molar refractivity (Wildman–Crippen MR) is 79.0 cm³/mol. The highest BCUT2D eigenvalue weighted by atomic mass is 19.1. The Kier molecular flexibility index (Phi) is 4.20. The summed E-state index contributed by atoms with van der Waals surface area (Å²) in [5, 5.41) is 3.45. The topological polar surface area (TPSA) is 12.0 Å². The number of halogens is 1. The molecule has 0 aliphatic carbocycles. The third-order valence-corrected chi connectivity index (χ3v) is 3.62. The number of benzene rings is 2. The molecular formula is C17H20FN. The van der Waals surface area contributed by atoms with Gasteiger partial charge in [-0.1, -0.05) is 37.3 Å². The fraction of sp³-hybridized carbons (Fsp3) is 0.294. The van der Waals surface area contributed by atoms with Crippen LogP contribution in [0, 0.1) is 19.7 Å². The van der Waals surface area contributed by atoms with E-state index in [-0.39, 0.29) is 11.9 Å². The lowest BCUT2D eigenvalue weighted by Gasteiger charge is -2.21. The molecule has 19 heavy (non-hydrogen) atoms. The molecular weight excluding hydrogens is 237 g/mol. The molecule has 0 aliphatic rings. The van der Waals surface area contributed by atoms with Crippen molar-refractivity contribution in [2.24, 2.45) is 0 Å². The van der Waals surface area contributed by atoms with Crippen LogP contribution in [0.3, 0.4) is 0 Å². The second-order valence-corrected chi connectivity index (χ2v) is 4.87. The largest absolute Gasteiger partial charge is 0.378 e. The molecule has 0 heterocycles. The SMILES string of the molecule is CCC(Nc1cccc(C)c1C)c1ccccc1F. The van der Waals surface area contributed by atoms with E-state index < -0.39 is 0 Å². The number of hydrogen-bond acceptors (Lipinski definition) is 1. The van der Waals surface area contributed by atoms with Crippen LogP contribution >= 0.6 is 0 Å². The summed E-state index contributed by atoms with van der Waals surface area (Å²) in [5.41, 5.74) is 4.27. The van der Waals surface area contributed by atoms with Crippen molar-refractivity contribution in [3.05, 3.63) is 65.0 Å². The fourth-order valence-corrected chi connectivity index (χ4v) is 2.25. The standard InChI is InChI=1S/C17H20FN/c1-4-16(14-9-5-6-10-15(14)18)19-17-11-7-8-12(2)13(17)3/h5-11,16,19H,4H2,1-3H3. The van der Waals surface area contributed by atoms with E-state index >= 15 is 0 Å². The average molecular weight is 257 g/mol. The van der Waals surface area contributed by atoms with Gasteiger partial charge < -0.3 is 5.32 Å². The van der Waals surface area contributed by atoms with Gasteiger partial charge in [0.05, 0.1) is 6.04 Å². The van der Waals surface area contributed by atoms with Crippen molar-refractivity contribution in [1.82, 2.24) is 0 Å². The van der Waals surface area contributed by atoms with Gasteiger partial charge in [0, 0.05) is 11.3 Å². The molecule has 2 aromatic rings. The number of aryl methyl sites for hydroxylation is 1. The average Bonchev–Trinajstić information content (AvgIpc) is 2.41. The van der Waals surface area contributed by atoms with Crippen LogP contribution in [-0.4, -0.2) is 0 Å². The minimum Gasteiger partial charge on any atom is -0.378 e. The van der Waals surface area contributed by atoms with E-state index in [4.69, 9.17) is 0 Å². The summed E-state index contributed by atoms with van der Waals surface area (Å²) >= 11 is 0. The minimum atomic E-state index is -0.146. The summed E-state index contributed by atoms with van der Waals surface area (Å²) in [7, 11) is 0. The molecule has 0 aliphatic heterocycles. The third kappa shape index (κ3) is 2.95. The van der Waals surface area contributed by atoms with Gasteiger partial charge in [-0.15, -0.1) is 0 Å². The van der Waals surface area contributed by atoms with Crippen molar-refractivity contribution < 1.29 is 4.39 Å². The Hall–Kier alpha value is -1.83. The first-order chi connectivity index (χ1) is 9.13. The molecule has 0 radical (unpaired) electrons. The van der Waals surface area contributed by atoms with E-state index in [1.54, 1.807) is 6.07 Å². The first-order valence-corrected chi connectivity index (χ1v) is 6.70. The summed E-state index contributed by atoms with van der Waals surface area (Å²) in [6.45, 7) is 6.24. The maximum atomic E-state index is 13.9. The summed E-state index contributed by atoms with van der Waals surface area (Å²) in [5.74, 6) is -0.146. The van der Waals surface area contributed by atoms with Gasteiger partial charge >= 0.3 is 0 Å². The van der Waals surface area contributed by atoms with Crippen LogP contribution in [0.2, 0.25) is 0 Å². The Labute approximate surface area is 114 Å². The summed E-state index contributed by atoms with van der Waals surface area (Å²) in [6.07, 6.45) is 0.842. The monoisotopic (exact) mass is 257 g/mol. The lowest BCUT2D eigenvalue weighted by molar-refractivity contribution is 0.587. The van der Waals surface area contributed by atoms with Crippen LogP contribution in [0.4, 0.5) is 10.1 Å². The van der Waals surface area contributed by atoms with Gasteiger partial charge in [-0.3, -0.25) is 0 Å². The Morgan fingerprint density at radius 2 is 1.79 bits per heavy atom. The van der Waals surface area contributed by atoms with Crippen LogP contribution in [0.5, 0.6) is 0 Å². The first-order valence-electron chi connectivity index (χ1n) is 6.70. The molecule has 2 rings (SSSR count). The molecule has 1 N–H and O–H groups in total. The van der Waals surface area contributed by atoms with Crippen molar-refractivity contribution in [3.63, 3.8) is 0 Å². The molecule has 0 saturated heterocycles. The molecule has 1 atom stereocenters. The van der Waals surface area contributed by atoms with Crippen molar-refractivity contribution in [3.8, 4) is 0 Å². The third-order valence-electron chi connectivity index (χ3n) is 3.62. The molecule has 0 saturated carbocycles. The minimum absolute atomic E-state index is 0.00157. The van der Waals surface area contributed by atoms with Gasteiger partial charge in [-0.05, 0) is 43.5 Å². The van der Waals surface area contributed by atoms with E-state index in [0.29, 0.717) is 0 Å². The van der Waals surface area contributed by atoms with Gasteiger partial charge in [0.2, 0.25) is 0 Å². The zero-order valence-electron chi connectivity index (χ0n) is 11.7. The van der Waals surface area contributed by atoms with Crippen molar-refractivity contribution in [1.29, 1.82) is 0 Å². The van der Waals surface area contributed by atoms with Crippen molar-refractivity contribution in [2.75, 3.05) is 5.32 Å². The number of anilines is 1. The second kappa shape index (κ2) is 5.87. The highest BCUT2D eigenvalue weighted by Crippen LogP contribution is 2.27. The zero-order valence-corrected chi connectivity index (χ0v) is 11.7. The normalized spacial score (nSPS) is 12.2. The quantitative estimate of drug-likeness (QED) is 0.812. The molecule has 2 heteroatoms. The maximum Gasteiger partial charge on any atom is 0.128 e. The molecule has 1 unspecified atom stereocenters. The fourth-order valence-electron chi connectivity index (χ4n) is 2.25.